The molecule has 2 N–H and O–H groups in total. The summed E-state index contributed by atoms with van der Waals surface area (Å²) < 4.78 is 5.59. The van der Waals surface area contributed by atoms with Crippen molar-refractivity contribution in [3.8, 4) is 0 Å². The first-order valence-electron chi connectivity index (χ1n) is 12.1. The van der Waals surface area contributed by atoms with Gasteiger partial charge in [0.2, 0.25) is 11.8 Å². The molecule has 9 nitrogen and oxygen atoms in total. The van der Waals surface area contributed by atoms with Crippen molar-refractivity contribution in [2.45, 2.75) is 83.3 Å². The monoisotopic (exact) mass is 468 g/mol. The number of carbonyl (C=O) groups excluding carboxylic acids is 4. The maximum absolute atomic E-state index is 12.9. The molecule has 182 valence electrons. The molecule has 34 heavy (non-hydrogen) atoms. The lowest BCUT2D eigenvalue weighted by Gasteiger charge is -2.35. The number of amides is 4. The lowest BCUT2D eigenvalue weighted by Crippen LogP contribution is -2.52. The van der Waals surface area contributed by atoms with E-state index in [1.54, 1.807) is 4.90 Å². The average molecular weight is 469 g/mol. The molecular weight excluding hydrogens is 436 g/mol. The van der Waals surface area contributed by atoms with Crippen LogP contribution in [0.5, 0.6) is 0 Å². The first-order chi connectivity index (χ1) is 16.1. The van der Waals surface area contributed by atoms with E-state index in [0.29, 0.717) is 31.0 Å². The zero-order chi connectivity index (χ0) is 24.2. The molecule has 2 saturated heterocycles. The van der Waals surface area contributed by atoms with Gasteiger partial charge in [-0.15, -0.1) is 0 Å². The Labute approximate surface area is 199 Å². The lowest BCUT2D eigenvalue weighted by molar-refractivity contribution is -0.136. The minimum atomic E-state index is -0.605. The average Bonchev–Trinajstić information content (AvgIpc) is 3.44. The van der Waals surface area contributed by atoms with Crippen LogP contribution in [0.15, 0.2) is 18.2 Å². The second kappa shape index (κ2) is 8.37. The summed E-state index contributed by atoms with van der Waals surface area (Å²) in [7, 11) is 0. The Kier molecular flexibility index (Phi) is 5.62. The number of carbonyl (C=O) groups is 4. The number of hydrogen-bond donors (Lipinski definition) is 2. The number of fused-ring (bicyclic) bond motifs is 3. The Morgan fingerprint density at radius 1 is 1.21 bits per heavy atom. The highest BCUT2D eigenvalue weighted by molar-refractivity contribution is 6.05. The first kappa shape index (κ1) is 22.8. The van der Waals surface area contributed by atoms with Gasteiger partial charge in [0.1, 0.15) is 11.6 Å². The third-order valence-electron chi connectivity index (χ3n) is 7.27. The van der Waals surface area contributed by atoms with Gasteiger partial charge in [-0.25, -0.2) is 4.79 Å². The summed E-state index contributed by atoms with van der Waals surface area (Å²) in [6.07, 6.45) is 2.40. The Balaban J connectivity index is 1.21. The van der Waals surface area contributed by atoms with Gasteiger partial charge >= 0.3 is 6.09 Å². The van der Waals surface area contributed by atoms with E-state index >= 15 is 0 Å². The highest BCUT2D eigenvalue weighted by Gasteiger charge is 2.48. The number of nitrogens with one attached hydrogen (secondary N) is 2. The van der Waals surface area contributed by atoms with E-state index in [-0.39, 0.29) is 36.4 Å². The van der Waals surface area contributed by atoms with E-state index in [0.717, 1.165) is 30.5 Å². The van der Waals surface area contributed by atoms with Crippen molar-refractivity contribution in [1.29, 1.82) is 0 Å². The summed E-state index contributed by atoms with van der Waals surface area (Å²) in [6.45, 7) is 7.41. The molecule has 2 bridgehead atoms. The predicted molar refractivity (Wildman–Crippen MR) is 123 cm³/mol. The number of piperidine rings is 2. The SMILES string of the molecule is CC(C)(C)OC(=O)N1C[C@H]2C[C@H](NCc3ccc4c(c3)CN([C@@H]3CCC(=O)NC3=O)C4=O)[C@@H]1C2. The summed E-state index contributed by atoms with van der Waals surface area (Å²) in [6, 6.07) is 5.53. The highest BCUT2D eigenvalue weighted by atomic mass is 16.6. The van der Waals surface area contributed by atoms with Crippen molar-refractivity contribution >= 4 is 23.8 Å². The minimum Gasteiger partial charge on any atom is -0.444 e. The maximum Gasteiger partial charge on any atom is 0.410 e. The van der Waals surface area contributed by atoms with Crippen LogP contribution in [0.2, 0.25) is 0 Å². The highest BCUT2D eigenvalue weighted by Crippen LogP contribution is 2.39. The second-order valence-corrected chi connectivity index (χ2v) is 10.9. The summed E-state index contributed by atoms with van der Waals surface area (Å²) in [5.41, 5.74) is 2.07. The van der Waals surface area contributed by atoms with Crippen molar-refractivity contribution in [2.24, 2.45) is 5.92 Å². The summed E-state index contributed by atoms with van der Waals surface area (Å²) >= 11 is 0. The van der Waals surface area contributed by atoms with Gasteiger partial charge in [0, 0.05) is 37.7 Å². The largest absolute Gasteiger partial charge is 0.444 e. The third kappa shape index (κ3) is 4.29. The summed E-state index contributed by atoms with van der Waals surface area (Å²) in [4.78, 5) is 52.6. The molecule has 0 radical (unpaired) electrons. The number of imide groups is 1. The molecule has 1 saturated carbocycles. The smallest absolute Gasteiger partial charge is 0.410 e. The van der Waals surface area contributed by atoms with Gasteiger partial charge in [0.15, 0.2) is 0 Å². The molecule has 0 unspecified atom stereocenters. The normalized spacial score (nSPS) is 28.4. The van der Waals surface area contributed by atoms with E-state index in [1.165, 1.54) is 0 Å². The van der Waals surface area contributed by atoms with Crippen molar-refractivity contribution in [2.75, 3.05) is 6.54 Å². The van der Waals surface area contributed by atoms with Gasteiger partial charge in [0.05, 0.1) is 6.04 Å². The zero-order valence-electron chi connectivity index (χ0n) is 19.9. The van der Waals surface area contributed by atoms with Gasteiger partial charge in [0.25, 0.3) is 5.91 Å². The number of hydrogen-bond acceptors (Lipinski definition) is 6. The number of likely N-dealkylation sites (tertiary alicyclic amines) is 1. The molecule has 1 aliphatic carbocycles. The molecule has 1 aromatic rings. The zero-order valence-corrected chi connectivity index (χ0v) is 19.9. The maximum atomic E-state index is 12.9. The standard InChI is InChI=1S/C25H32N4O5/c1-25(2,3)34-24(33)29-12-15-9-18(20(29)10-15)26-11-14-4-5-17-16(8-14)13-28(23(17)32)19-6-7-21(30)27-22(19)31/h4-5,8,15,18-20,26H,6-7,9-13H2,1-3H3,(H,27,30,31)/t15-,18-,19+,20-/m0/s1. The van der Waals surface area contributed by atoms with Gasteiger partial charge in [-0.05, 0) is 63.1 Å². The van der Waals surface area contributed by atoms with Crippen LogP contribution in [0.3, 0.4) is 0 Å². The number of rotatable bonds is 4. The van der Waals surface area contributed by atoms with Gasteiger partial charge in [-0.3, -0.25) is 19.7 Å². The molecule has 1 aromatic carbocycles. The fourth-order valence-electron chi connectivity index (χ4n) is 5.76. The van der Waals surface area contributed by atoms with Gasteiger partial charge in [-0.1, -0.05) is 12.1 Å². The molecule has 9 heteroatoms. The Morgan fingerprint density at radius 2 is 2.00 bits per heavy atom. The van der Waals surface area contributed by atoms with Crippen LogP contribution in [-0.4, -0.2) is 63.9 Å². The molecule has 4 amide bonds. The Hall–Kier alpha value is -2.94. The van der Waals surface area contributed by atoms with E-state index in [1.807, 2.05) is 43.9 Å². The molecular formula is C25H32N4O5. The lowest BCUT2D eigenvalue weighted by atomic mass is 10.0. The fraction of sp³-hybridized carbons (Fsp3) is 0.600. The topological polar surface area (TPSA) is 108 Å². The van der Waals surface area contributed by atoms with Crippen LogP contribution < -0.4 is 10.6 Å². The summed E-state index contributed by atoms with van der Waals surface area (Å²) in [5.74, 6) is -0.352. The number of nitrogens with zero attached hydrogens (tertiary/aromatic N) is 2. The first-order valence-corrected chi connectivity index (χ1v) is 12.1. The summed E-state index contributed by atoms with van der Waals surface area (Å²) in [5, 5.41) is 5.95. The molecule has 3 aliphatic heterocycles. The van der Waals surface area contributed by atoms with Crippen molar-refractivity contribution in [3.63, 3.8) is 0 Å². The van der Waals surface area contributed by atoms with Crippen LogP contribution in [0.25, 0.3) is 0 Å². The molecule has 3 fully saturated rings. The number of ether oxygens (including phenoxy) is 1. The molecule has 3 heterocycles. The van der Waals surface area contributed by atoms with Gasteiger partial charge in [-0.2, -0.15) is 0 Å². The Bertz CT molecular complexity index is 1050. The van der Waals surface area contributed by atoms with Crippen molar-refractivity contribution in [1.82, 2.24) is 20.4 Å². The molecule has 0 aromatic heterocycles. The third-order valence-corrected chi connectivity index (χ3v) is 7.27. The van der Waals surface area contributed by atoms with Crippen LogP contribution in [0.1, 0.15) is 67.9 Å². The fourth-order valence-corrected chi connectivity index (χ4v) is 5.76. The van der Waals surface area contributed by atoms with E-state index in [4.69, 9.17) is 4.74 Å². The quantitative estimate of drug-likeness (QED) is 0.654. The molecule has 4 atom stereocenters. The van der Waals surface area contributed by atoms with Crippen molar-refractivity contribution in [3.05, 3.63) is 34.9 Å². The van der Waals surface area contributed by atoms with Crippen molar-refractivity contribution < 1.29 is 23.9 Å². The van der Waals surface area contributed by atoms with Crippen LogP contribution in [0, 0.1) is 5.92 Å². The molecule has 5 rings (SSSR count). The number of benzene rings is 1. The van der Waals surface area contributed by atoms with E-state index in [2.05, 4.69) is 10.6 Å². The van der Waals surface area contributed by atoms with E-state index in [9.17, 15) is 19.2 Å². The van der Waals surface area contributed by atoms with Crippen LogP contribution in [0.4, 0.5) is 4.79 Å². The van der Waals surface area contributed by atoms with E-state index < -0.39 is 17.6 Å². The minimum absolute atomic E-state index is 0.138. The van der Waals surface area contributed by atoms with Crippen LogP contribution in [-0.2, 0) is 27.4 Å². The van der Waals surface area contributed by atoms with Gasteiger partial charge < -0.3 is 19.9 Å². The molecule has 4 aliphatic rings. The molecule has 0 spiro atoms. The second-order valence-electron chi connectivity index (χ2n) is 10.9. The Morgan fingerprint density at radius 3 is 2.71 bits per heavy atom. The van der Waals surface area contributed by atoms with Crippen LogP contribution >= 0.6 is 0 Å². The predicted octanol–water partition coefficient (Wildman–Crippen LogP) is 1.94.